The van der Waals surface area contributed by atoms with Gasteiger partial charge in [0.15, 0.2) is 5.96 Å². The standard InChI is InChI=1S/C15H19ClFN3/c16-11-5-4-6-12(17)14(11)10-9-13(10)19-15(18)20-7-2-1-3-8-20/h4-6,10,13H,1-3,7-9H2,(H2,18,19). The number of guanidine groups is 1. The highest BCUT2D eigenvalue weighted by atomic mass is 35.5. The molecule has 2 fully saturated rings. The van der Waals surface area contributed by atoms with Crippen molar-refractivity contribution in [3.8, 4) is 0 Å². The molecular weight excluding hydrogens is 277 g/mol. The molecule has 20 heavy (non-hydrogen) atoms. The zero-order chi connectivity index (χ0) is 14.1. The summed E-state index contributed by atoms with van der Waals surface area (Å²) in [6, 6.07) is 4.89. The molecule has 5 heteroatoms. The summed E-state index contributed by atoms with van der Waals surface area (Å²) in [5, 5.41) is 0.490. The Balaban J connectivity index is 1.69. The van der Waals surface area contributed by atoms with Crippen LogP contribution in [-0.2, 0) is 0 Å². The number of rotatable bonds is 2. The Labute approximate surface area is 123 Å². The zero-order valence-corrected chi connectivity index (χ0v) is 12.1. The van der Waals surface area contributed by atoms with Gasteiger partial charge in [0.05, 0.1) is 6.04 Å². The molecule has 1 saturated heterocycles. The van der Waals surface area contributed by atoms with Crippen molar-refractivity contribution in [2.45, 2.75) is 37.6 Å². The van der Waals surface area contributed by atoms with Gasteiger partial charge in [0.2, 0.25) is 0 Å². The fourth-order valence-corrected chi connectivity index (χ4v) is 3.18. The van der Waals surface area contributed by atoms with E-state index in [1.165, 1.54) is 25.3 Å². The summed E-state index contributed by atoms with van der Waals surface area (Å²) in [5.74, 6) is 0.438. The number of likely N-dealkylation sites (tertiary alicyclic amines) is 1. The number of nitrogens with two attached hydrogens (primary N) is 1. The smallest absolute Gasteiger partial charge is 0.191 e. The lowest BCUT2D eigenvalue weighted by Gasteiger charge is -2.27. The minimum Gasteiger partial charge on any atom is -0.370 e. The van der Waals surface area contributed by atoms with E-state index in [9.17, 15) is 4.39 Å². The van der Waals surface area contributed by atoms with E-state index in [4.69, 9.17) is 17.3 Å². The Hall–Kier alpha value is -1.29. The molecule has 0 radical (unpaired) electrons. The molecule has 1 aromatic carbocycles. The third-order valence-corrected chi connectivity index (χ3v) is 4.43. The monoisotopic (exact) mass is 295 g/mol. The van der Waals surface area contributed by atoms with Gasteiger partial charge in [-0.15, -0.1) is 0 Å². The van der Waals surface area contributed by atoms with Gasteiger partial charge in [0.25, 0.3) is 0 Å². The maximum Gasteiger partial charge on any atom is 0.191 e. The molecule has 3 nitrogen and oxygen atoms in total. The number of hydrogen-bond acceptors (Lipinski definition) is 1. The SMILES string of the molecule is NC(=NC1CC1c1c(F)cccc1Cl)N1CCCCC1. The summed E-state index contributed by atoms with van der Waals surface area (Å²) in [7, 11) is 0. The molecule has 2 unspecified atom stereocenters. The van der Waals surface area contributed by atoms with E-state index in [0.29, 0.717) is 16.5 Å². The van der Waals surface area contributed by atoms with Crippen LogP contribution in [0.2, 0.25) is 5.02 Å². The fourth-order valence-electron chi connectivity index (χ4n) is 2.87. The average molecular weight is 296 g/mol. The molecule has 2 atom stereocenters. The second kappa shape index (κ2) is 5.60. The van der Waals surface area contributed by atoms with Crippen molar-refractivity contribution in [2.24, 2.45) is 10.7 Å². The third-order valence-electron chi connectivity index (χ3n) is 4.11. The lowest BCUT2D eigenvalue weighted by Crippen LogP contribution is -2.41. The third kappa shape index (κ3) is 2.75. The summed E-state index contributed by atoms with van der Waals surface area (Å²) in [6.07, 6.45) is 4.43. The van der Waals surface area contributed by atoms with Crippen molar-refractivity contribution in [3.05, 3.63) is 34.6 Å². The van der Waals surface area contributed by atoms with Crippen LogP contribution in [0.5, 0.6) is 0 Å². The first-order valence-electron chi connectivity index (χ1n) is 7.19. The molecule has 0 spiro atoms. The van der Waals surface area contributed by atoms with Crippen LogP contribution >= 0.6 is 11.6 Å². The molecule has 0 amide bonds. The molecule has 3 rings (SSSR count). The van der Waals surface area contributed by atoms with Crippen molar-refractivity contribution < 1.29 is 4.39 Å². The van der Waals surface area contributed by atoms with Gasteiger partial charge in [-0.3, -0.25) is 0 Å². The van der Waals surface area contributed by atoms with E-state index in [1.54, 1.807) is 12.1 Å². The Bertz CT molecular complexity index is 506. The van der Waals surface area contributed by atoms with E-state index in [-0.39, 0.29) is 17.8 Å². The predicted octanol–water partition coefficient (Wildman–Crippen LogP) is 3.14. The van der Waals surface area contributed by atoms with Crippen LogP contribution in [0, 0.1) is 5.82 Å². The van der Waals surface area contributed by atoms with Crippen molar-refractivity contribution in [1.82, 2.24) is 4.90 Å². The lowest BCUT2D eigenvalue weighted by molar-refractivity contribution is 0.338. The van der Waals surface area contributed by atoms with E-state index < -0.39 is 0 Å². The number of nitrogens with zero attached hydrogens (tertiary/aromatic N) is 2. The summed E-state index contributed by atoms with van der Waals surface area (Å²) >= 11 is 6.08. The summed E-state index contributed by atoms with van der Waals surface area (Å²) in [5.41, 5.74) is 6.65. The van der Waals surface area contributed by atoms with Crippen LogP contribution in [0.25, 0.3) is 0 Å². The Morgan fingerprint density at radius 2 is 2.05 bits per heavy atom. The van der Waals surface area contributed by atoms with Gasteiger partial charge in [-0.05, 0) is 37.8 Å². The topological polar surface area (TPSA) is 41.6 Å². The Morgan fingerprint density at radius 1 is 1.30 bits per heavy atom. The van der Waals surface area contributed by atoms with Crippen LogP contribution < -0.4 is 5.73 Å². The summed E-state index contributed by atoms with van der Waals surface area (Å²) < 4.78 is 13.8. The maximum absolute atomic E-state index is 13.8. The maximum atomic E-state index is 13.8. The lowest BCUT2D eigenvalue weighted by atomic mass is 10.1. The van der Waals surface area contributed by atoms with Gasteiger partial charge < -0.3 is 10.6 Å². The summed E-state index contributed by atoms with van der Waals surface area (Å²) in [4.78, 5) is 6.67. The Kier molecular flexibility index (Phi) is 3.83. The number of aliphatic imine (C=N–C) groups is 1. The highest BCUT2D eigenvalue weighted by Crippen LogP contribution is 2.47. The predicted molar refractivity (Wildman–Crippen MR) is 79.6 cm³/mol. The highest BCUT2D eigenvalue weighted by molar-refractivity contribution is 6.31. The molecule has 108 valence electrons. The zero-order valence-electron chi connectivity index (χ0n) is 11.4. The molecular formula is C15H19ClFN3. The van der Waals surface area contributed by atoms with Gasteiger partial charge in [-0.2, -0.15) is 0 Å². The van der Waals surface area contributed by atoms with Crippen LogP contribution in [-0.4, -0.2) is 30.0 Å². The van der Waals surface area contributed by atoms with Crippen molar-refractivity contribution in [1.29, 1.82) is 0 Å². The number of benzene rings is 1. The van der Waals surface area contributed by atoms with Gasteiger partial charge in [-0.25, -0.2) is 9.38 Å². The molecule has 1 aromatic rings. The molecule has 0 bridgehead atoms. The minimum absolute atomic E-state index is 0.0753. The first kappa shape index (κ1) is 13.7. The normalized spacial score (nSPS) is 26.7. The second-order valence-electron chi connectivity index (χ2n) is 5.58. The van der Waals surface area contributed by atoms with Crippen molar-refractivity contribution >= 4 is 17.6 Å². The van der Waals surface area contributed by atoms with Gasteiger partial charge in [0.1, 0.15) is 5.82 Å². The van der Waals surface area contributed by atoms with Gasteiger partial charge >= 0.3 is 0 Å². The van der Waals surface area contributed by atoms with Crippen LogP contribution in [0.4, 0.5) is 4.39 Å². The van der Waals surface area contributed by atoms with Crippen LogP contribution in [0.1, 0.15) is 37.2 Å². The van der Waals surface area contributed by atoms with Crippen molar-refractivity contribution in [2.75, 3.05) is 13.1 Å². The summed E-state index contributed by atoms with van der Waals surface area (Å²) in [6.45, 7) is 1.96. The molecule has 1 saturated carbocycles. The van der Waals surface area contributed by atoms with Crippen LogP contribution in [0.15, 0.2) is 23.2 Å². The minimum atomic E-state index is -0.239. The molecule has 2 aliphatic rings. The van der Waals surface area contributed by atoms with E-state index >= 15 is 0 Å². The van der Waals surface area contributed by atoms with E-state index in [2.05, 4.69) is 9.89 Å². The average Bonchev–Trinajstić information content (AvgIpc) is 3.18. The Morgan fingerprint density at radius 3 is 2.75 bits per heavy atom. The van der Waals surface area contributed by atoms with E-state index in [1.807, 2.05) is 0 Å². The second-order valence-corrected chi connectivity index (χ2v) is 5.99. The fraction of sp³-hybridized carbons (Fsp3) is 0.533. The van der Waals surface area contributed by atoms with Gasteiger partial charge in [-0.1, -0.05) is 17.7 Å². The molecule has 1 aliphatic carbocycles. The number of halogens is 2. The van der Waals surface area contributed by atoms with E-state index in [0.717, 1.165) is 19.5 Å². The first-order valence-corrected chi connectivity index (χ1v) is 7.56. The van der Waals surface area contributed by atoms with Crippen molar-refractivity contribution in [3.63, 3.8) is 0 Å². The highest BCUT2D eigenvalue weighted by Gasteiger charge is 2.41. The number of hydrogen-bond donors (Lipinski definition) is 1. The molecule has 1 heterocycles. The molecule has 0 aromatic heterocycles. The van der Waals surface area contributed by atoms with Crippen LogP contribution in [0.3, 0.4) is 0 Å². The molecule has 2 N–H and O–H groups in total. The first-order chi connectivity index (χ1) is 9.66. The van der Waals surface area contributed by atoms with Gasteiger partial charge in [0, 0.05) is 29.6 Å². The number of piperidine rings is 1. The molecule has 1 aliphatic heterocycles. The largest absolute Gasteiger partial charge is 0.370 e. The quantitative estimate of drug-likeness (QED) is 0.673.